The van der Waals surface area contributed by atoms with Gasteiger partial charge in [-0.05, 0) is 31.0 Å². The monoisotopic (exact) mass is 395 g/mol. The van der Waals surface area contributed by atoms with Crippen LogP contribution in [0.15, 0.2) is 23.2 Å². The van der Waals surface area contributed by atoms with Crippen LogP contribution in [0.2, 0.25) is 0 Å². The molecule has 2 rings (SSSR count). The lowest BCUT2D eigenvalue weighted by Crippen LogP contribution is -2.49. The number of ether oxygens (including phenoxy) is 2. The Hall–Kier alpha value is -1.60. The molecule has 2 unspecified atom stereocenters. The zero-order chi connectivity index (χ0) is 19.8. The summed E-state index contributed by atoms with van der Waals surface area (Å²) in [6, 6.07) is 5.43. The van der Waals surface area contributed by atoms with Gasteiger partial charge in [0.2, 0.25) is 0 Å². The minimum atomic E-state index is -0.760. The highest BCUT2D eigenvalue weighted by atomic mass is 32.2. The molecule has 0 amide bonds. The zero-order valence-corrected chi connectivity index (χ0v) is 17.9. The van der Waals surface area contributed by atoms with Gasteiger partial charge in [-0.3, -0.25) is 4.99 Å². The maximum absolute atomic E-state index is 10.7. The summed E-state index contributed by atoms with van der Waals surface area (Å²) in [5.41, 5.74) is 0.686. The van der Waals surface area contributed by atoms with E-state index in [1.54, 1.807) is 26.4 Å². The molecule has 2 N–H and O–H groups in total. The van der Waals surface area contributed by atoms with Crippen molar-refractivity contribution in [3.63, 3.8) is 0 Å². The summed E-state index contributed by atoms with van der Waals surface area (Å²) in [4.78, 5) is 7.02. The molecule has 1 aromatic rings. The van der Waals surface area contributed by atoms with Crippen LogP contribution in [0.25, 0.3) is 0 Å². The average Bonchev–Trinajstić information content (AvgIpc) is 2.70. The summed E-state index contributed by atoms with van der Waals surface area (Å²) >= 11 is 2.04. The standard InChI is InChI=1S/C20H33N3O3S/c1-6-21-20(23-9-10-27-19(13-23)14(2)3)22-12-17(24)16-11-15(25-4)7-8-18(16)26-5/h7-8,11,14,17,19,24H,6,9-10,12-13H2,1-5H3,(H,21,22). The van der Waals surface area contributed by atoms with Crippen LogP contribution in [0.4, 0.5) is 0 Å². The van der Waals surface area contributed by atoms with E-state index in [-0.39, 0.29) is 6.54 Å². The first kappa shape index (κ1) is 21.7. The molecule has 1 aliphatic heterocycles. The summed E-state index contributed by atoms with van der Waals surface area (Å²) in [5, 5.41) is 14.7. The molecule has 0 radical (unpaired) electrons. The number of benzene rings is 1. The number of nitrogens with zero attached hydrogens (tertiary/aromatic N) is 2. The first-order valence-corrected chi connectivity index (χ1v) is 10.6. The molecule has 1 aromatic carbocycles. The van der Waals surface area contributed by atoms with Crippen LogP contribution in [0.1, 0.15) is 32.4 Å². The van der Waals surface area contributed by atoms with E-state index in [0.29, 0.717) is 28.2 Å². The molecule has 27 heavy (non-hydrogen) atoms. The van der Waals surface area contributed by atoms with E-state index < -0.39 is 6.10 Å². The smallest absolute Gasteiger partial charge is 0.194 e. The third-order valence-corrected chi connectivity index (χ3v) is 6.22. The first-order chi connectivity index (χ1) is 13.0. The summed E-state index contributed by atoms with van der Waals surface area (Å²) in [7, 11) is 3.21. The van der Waals surface area contributed by atoms with Crippen LogP contribution >= 0.6 is 11.8 Å². The van der Waals surface area contributed by atoms with E-state index >= 15 is 0 Å². The minimum absolute atomic E-state index is 0.266. The van der Waals surface area contributed by atoms with Crippen molar-refractivity contribution in [3.8, 4) is 11.5 Å². The molecule has 0 aromatic heterocycles. The van der Waals surface area contributed by atoms with Gasteiger partial charge in [0.1, 0.15) is 17.6 Å². The number of thioether (sulfide) groups is 1. The maximum Gasteiger partial charge on any atom is 0.194 e. The summed E-state index contributed by atoms with van der Waals surface area (Å²) in [6.07, 6.45) is -0.760. The van der Waals surface area contributed by atoms with Crippen molar-refractivity contribution in [2.45, 2.75) is 32.1 Å². The third kappa shape index (κ3) is 5.94. The van der Waals surface area contributed by atoms with Gasteiger partial charge in [-0.2, -0.15) is 11.8 Å². The number of hydrogen-bond donors (Lipinski definition) is 2. The Kier molecular flexibility index (Phi) is 8.57. The molecule has 2 atom stereocenters. The third-order valence-electron chi connectivity index (χ3n) is 4.68. The SMILES string of the molecule is CCNC(=NCC(O)c1cc(OC)ccc1OC)N1CCSC(C(C)C)C1. The van der Waals surface area contributed by atoms with Gasteiger partial charge in [-0.15, -0.1) is 0 Å². The van der Waals surface area contributed by atoms with Crippen LogP contribution in [0, 0.1) is 5.92 Å². The van der Waals surface area contributed by atoms with Crippen LogP contribution in [0.5, 0.6) is 11.5 Å². The molecular formula is C20H33N3O3S. The second kappa shape index (κ2) is 10.7. The lowest BCUT2D eigenvalue weighted by molar-refractivity contribution is 0.181. The highest BCUT2D eigenvalue weighted by molar-refractivity contribution is 8.00. The molecule has 1 heterocycles. The predicted molar refractivity (Wildman–Crippen MR) is 113 cm³/mol. The second-order valence-electron chi connectivity index (χ2n) is 6.92. The topological polar surface area (TPSA) is 66.3 Å². The van der Waals surface area contributed by atoms with Crippen molar-refractivity contribution in [2.24, 2.45) is 10.9 Å². The average molecular weight is 396 g/mol. The number of methoxy groups -OCH3 is 2. The van der Waals surface area contributed by atoms with Crippen molar-refractivity contribution in [1.29, 1.82) is 0 Å². The van der Waals surface area contributed by atoms with Gasteiger partial charge in [0.15, 0.2) is 5.96 Å². The van der Waals surface area contributed by atoms with Crippen molar-refractivity contribution < 1.29 is 14.6 Å². The van der Waals surface area contributed by atoms with Crippen LogP contribution in [-0.2, 0) is 0 Å². The summed E-state index contributed by atoms with van der Waals surface area (Å²) in [6.45, 7) is 9.62. The molecule has 0 aliphatic carbocycles. The quantitative estimate of drug-likeness (QED) is 0.547. The van der Waals surface area contributed by atoms with Crippen molar-refractivity contribution in [3.05, 3.63) is 23.8 Å². The molecule has 1 saturated heterocycles. The molecule has 1 fully saturated rings. The Morgan fingerprint density at radius 2 is 2.15 bits per heavy atom. The van der Waals surface area contributed by atoms with E-state index in [1.165, 1.54) is 0 Å². The number of aliphatic hydroxyl groups is 1. The van der Waals surface area contributed by atoms with E-state index in [9.17, 15) is 5.11 Å². The minimum Gasteiger partial charge on any atom is -0.497 e. The molecule has 7 heteroatoms. The fourth-order valence-corrected chi connectivity index (χ4v) is 4.37. The summed E-state index contributed by atoms with van der Waals surface area (Å²) in [5.74, 6) is 3.92. The Balaban J connectivity index is 2.14. The van der Waals surface area contributed by atoms with Crippen LogP contribution in [-0.4, -0.2) is 67.4 Å². The molecule has 0 spiro atoms. The van der Waals surface area contributed by atoms with Crippen molar-refractivity contribution in [1.82, 2.24) is 10.2 Å². The fraction of sp³-hybridized carbons (Fsp3) is 0.650. The number of rotatable bonds is 7. The van der Waals surface area contributed by atoms with Gasteiger partial charge in [0.25, 0.3) is 0 Å². The van der Waals surface area contributed by atoms with Gasteiger partial charge < -0.3 is 24.8 Å². The van der Waals surface area contributed by atoms with Gasteiger partial charge in [-0.25, -0.2) is 0 Å². The van der Waals surface area contributed by atoms with Crippen molar-refractivity contribution >= 4 is 17.7 Å². The van der Waals surface area contributed by atoms with Crippen molar-refractivity contribution in [2.75, 3.05) is 46.2 Å². The van der Waals surface area contributed by atoms with Gasteiger partial charge in [-0.1, -0.05) is 13.8 Å². The maximum atomic E-state index is 10.7. The largest absolute Gasteiger partial charge is 0.497 e. The lowest BCUT2D eigenvalue weighted by Gasteiger charge is -2.36. The van der Waals surface area contributed by atoms with E-state index in [0.717, 1.165) is 31.3 Å². The Morgan fingerprint density at radius 1 is 1.37 bits per heavy atom. The molecular weight excluding hydrogens is 362 g/mol. The Bertz CT molecular complexity index is 624. The first-order valence-electron chi connectivity index (χ1n) is 9.55. The highest BCUT2D eigenvalue weighted by Gasteiger charge is 2.25. The normalized spacial score (nSPS) is 19.1. The second-order valence-corrected chi connectivity index (χ2v) is 8.26. The molecule has 0 saturated carbocycles. The van der Waals surface area contributed by atoms with Gasteiger partial charge in [0.05, 0.1) is 20.8 Å². The number of guanidine groups is 1. The molecule has 152 valence electrons. The van der Waals surface area contributed by atoms with E-state index in [2.05, 4.69) is 31.0 Å². The molecule has 0 bridgehead atoms. The van der Waals surface area contributed by atoms with E-state index in [1.807, 2.05) is 17.8 Å². The van der Waals surface area contributed by atoms with Gasteiger partial charge >= 0.3 is 0 Å². The predicted octanol–water partition coefficient (Wildman–Crippen LogP) is 2.78. The number of nitrogens with one attached hydrogen (secondary N) is 1. The number of aliphatic imine (C=N–C) groups is 1. The Morgan fingerprint density at radius 3 is 2.78 bits per heavy atom. The Labute approximate surface area is 167 Å². The van der Waals surface area contributed by atoms with E-state index in [4.69, 9.17) is 14.5 Å². The lowest BCUT2D eigenvalue weighted by atomic mass is 10.1. The van der Waals surface area contributed by atoms with Crippen LogP contribution < -0.4 is 14.8 Å². The van der Waals surface area contributed by atoms with Gasteiger partial charge in [0, 0.05) is 36.2 Å². The summed E-state index contributed by atoms with van der Waals surface area (Å²) < 4.78 is 10.7. The number of hydrogen-bond acceptors (Lipinski definition) is 5. The van der Waals surface area contributed by atoms with Crippen LogP contribution in [0.3, 0.4) is 0 Å². The molecule has 6 nitrogen and oxygen atoms in total. The number of aliphatic hydroxyl groups excluding tert-OH is 1. The fourth-order valence-electron chi connectivity index (χ4n) is 3.07. The molecule has 1 aliphatic rings. The highest BCUT2D eigenvalue weighted by Crippen LogP contribution is 2.30. The zero-order valence-electron chi connectivity index (χ0n) is 17.1.